The minimum absolute atomic E-state index is 0.00581. The van der Waals surface area contributed by atoms with Crippen LogP contribution in [0.2, 0.25) is 0 Å². The zero-order chi connectivity index (χ0) is 23.5. The van der Waals surface area contributed by atoms with Gasteiger partial charge in [0.2, 0.25) is 16.0 Å². The Morgan fingerprint density at radius 1 is 1.09 bits per heavy atom. The molecule has 1 N–H and O–H groups in total. The van der Waals surface area contributed by atoms with E-state index in [0.717, 1.165) is 93.6 Å². The van der Waals surface area contributed by atoms with Gasteiger partial charge in [-0.1, -0.05) is 24.7 Å². The predicted octanol–water partition coefficient (Wildman–Crippen LogP) is 3.02. The second-order valence-corrected chi connectivity index (χ2v) is 11.1. The first-order chi connectivity index (χ1) is 16.6. The fraction of sp³-hybridized carbons (Fsp3) is 0.760. The van der Waals surface area contributed by atoms with Crippen molar-refractivity contribution in [3.05, 3.63) is 21.6 Å². The van der Waals surface area contributed by atoms with Crippen molar-refractivity contribution < 1.29 is 4.79 Å². The molecule has 0 aromatic carbocycles. The van der Waals surface area contributed by atoms with Crippen LogP contribution in [0.4, 0.5) is 5.13 Å². The molecular formula is C25H38N6O2S. The van der Waals surface area contributed by atoms with Gasteiger partial charge in [0.05, 0.1) is 5.69 Å². The monoisotopic (exact) mass is 486 g/mol. The van der Waals surface area contributed by atoms with Crippen molar-refractivity contribution in [3.8, 4) is 0 Å². The molecule has 5 rings (SSSR count). The van der Waals surface area contributed by atoms with E-state index in [1.165, 1.54) is 48.1 Å². The van der Waals surface area contributed by atoms with E-state index in [1.807, 2.05) is 0 Å². The normalized spacial score (nSPS) is 22.1. The highest BCUT2D eigenvalue weighted by Crippen LogP contribution is 2.28. The largest absolute Gasteiger partial charge is 0.356 e. The second-order valence-electron chi connectivity index (χ2n) is 10.1. The number of likely N-dealkylation sites (tertiary alicyclic amines) is 1. The molecule has 1 atom stereocenters. The Morgan fingerprint density at radius 3 is 2.74 bits per heavy atom. The van der Waals surface area contributed by atoms with Crippen molar-refractivity contribution in [3.63, 3.8) is 0 Å². The van der Waals surface area contributed by atoms with Crippen molar-refractivity contribution >= 4 is 27.3 Å². The molecule has 0 unspecified atom stereocenters. The van der Waals surface area contributed by atoms with Crippen LogP contribution < -0.4 is 15.8 Å². The van der Waals surface area contributed by atoms with Crippen LogP contribution in [-0.4, -0.2) is 64.2 Å². The van der Waals surface area contributed by atoms with Gasteiger partial charge in [-0.3, -0.25) is 9.59 Å². The molecule has 2 aliphatic heterocycles. The van der Waals surface area contributed by atoms with E-state index in [-0.39, 0.29) is 17.4 Å². The molecule has 8 nitrogen and oxygen atoms in total. The maximum atomic E-state index is 12.9. The molecule has 0 spiro atoms. The Balaban J connectivity index is 1.11. The first-order valence-corrected chi connectivity index (χ1v) is 14.1. The molecule has 0 saturated carbocycles. The Morgan fingerprint density at radius 2 is 1.91 bits per heavy atom. The third kappa shape index (κ3) is 5.00. The lowest BCUT2D eigenvalue weighted by atomic mass is 9.96. The molecular weight excluding hydrogens is 448 g/mol. The molecule has 9 heteroatoms. The lowest BCUT2D eigenvalue weighted by Crippen LogP contribution is -2.42. The molecule has 34 heavy (non-hydrogen) atoms. The van der Waals surface area contributed by atoms with Crippen LogP contribution in [0.15, 0.2) is 4.79 Å². The van der Waals surface area contributed by atoms with Gasteiger partial charge in [-0.05, 0) is 70.8 Å². The van der Waals surface area contributed by atoms with Crippen LogP contribution in [-0.2, 0) is 17.6 Å². The van der Waals surface area contributed by atoms with E-state index >= 15 is 0 Å². The van der Waals surface area contributed by atoms with Crippen molar-refractivity contribution in [2.45, 2.75) is 83.6 Å². The van der Waals surface area contributed by atoms with Crippen molar-refractivity contribution in [2.24, 2.45) is 5.92 Å². The number of hydrogen-bond acceptors (Lipinski definition) is 7. The first kappa shape index (κ1) is 23.7. The highest BCUT2D eigenvalue weighted by Gasteiger charge is 2.28. The molecule has 2 saturated heterocycles. The number of nitrogens with zero attached hydrogens (tertiary/aromatic N) is 5. The summed E-state index contributed by atoms with van der Waals surface area (Å²) in [6.45, 7) is 6.93. The number of aryl methyl sites for hydroxylation is 1. The Kier molecular flexibility index (Phi) is 7.49. The van der Waals surface area contributed by atoms with Crippen molar-refractivity contribution in [1.82, 2.24) is 24.8 Å². The molecule has 0 bridgehead atoms. The van der Waals surface area contributed by atoms with E-state index in [0.29, 0.717) is 4.96 Å². The molecule has 2 aromatic heterocycles. The maximum Gasteiger partial charge on any atom is 0.278 e. The van der Waals surface area contributed by atoms with E-state index in [9.17, 15) is 9.59 Å². The van der Waals surface area contributed by atoms with Crippen LogP contribution >= 0.6 is 11.3 Å². The zero-order valence-electron chi connectivity index (χ0n) is 20.4. The number of carbonyl (C=O) groups excluding carboxylic acids is 1. The number of fused-ring (bicyclic) bond motifs is 2. The Bertz CT molecular complexity index is 1060. The number of rotatable bonds is 7. The summed E-state index contributed by atoms with van der Waals surface area (Å²) in [4.78, 5) is 35.9. The number of hydrogen-bond donors (Lipinski definition) is 1. The topological polar surface area (TPSA) is 82.8 Å². The van der Waals surface area contributed by atoms with Gasteiger partial charge >= 0.3 is 0 Å². The van der Waals surface area contributed by atoms with Gasteiger partial charge < -0.3 is 15.1 Å². The molecule has 1 aliphatic carbocycles. The predicted molar refractivity (Wildman–Crippen MR) is 136 cm³/mol. The zero-order valence-corrected chi connectivity index (χ0v) is 21.2. The van der Waals surface area contributed by atoms with E-state index in [1.54, 1.807) is 0 Å². The average molecular weight is 487 g/mol. The molecule has 1 amide bonds. The van der Waals surface area contributed by atoms with Gasteiger partial charge in [0.25, 0.3) is 5.56 Å². The molecule has 186 valence electrons. The molecule has 2 aromatic rings. The van der Waals surface area contributed by atoms with Crippen LogP contribution in [0.25, 0.3) is 4.96 Å². The molecule has 4 heterocycles. The minimum atomic E-state index is 0.00581. The lowest BCUT2D eigenvalue weighted by Gasteiger charge is -2.35. The first-order valence-electron chi connectivity index (χ1n) is 13.3. The summed E-state index contributed by atoms with van der Waals surface area (Å²) in [6, 6.07) is 0.729. The Hall–Kier alpha value is -2.00. The summed E-state index contributed by atoms with van der Waals surface area (Å²) in [5.41, 5.74) is 1.82. The highest BCUT2D eigenvalue weighted by atomic mass is 32.1. The van der Waals surface area contributed by atoms with E-state index in [4.69, 9.17) is 4.98 Å². The number of carbonyl (C=O) groups is 1. The van der Waals surface area contributed by atoms with Crippen LogP contribution in [0, 0.1) is 5.92 Å². The van der Waals surface area contributed by atoms with Crippen LogP contribution in [0.5, 0.6) is 0 Å². The third-order valence-corrected chi connectivity index (χ3v) is 8.92. The Labute approximate surface area is 205 Å². The smallest absolute Gasteiger partial charge is 0.278 e. The summed E-state index contributed by atoms with van der Waals surface area (Å²) in [7, 11) is 0. The summed E-state index contributed by atoms with van der Waals surface area (Å²) >= 11 is 1.49. The highest BCUT2D eigenvalue weighted by molar-refractivity contribution is 7.20. The van der Waals surface area contributed by atoms with Gasteiger partial charge in [-0.25, -0.2) is 4.98 Å². The number of amides is 1. The van der Waals surface area contributed by atoms with Gasteiger partial charge in [-0.15, -0.1) is 5.10 Å². The maximum absolute atomic E-state index is 12.9. The number of anilines is 1. The van der Waals surface area contributed by atoms with Gasteiger partial charge in [0.1, 0.15) is 0 Å². The van der Waals surface area contributed by atoms with E-state index in [2.05, 4.69) is 27.1 Å². The fourth-order valence-electron chi connectivity index (χ4n) is 5.88. The van der Waals surface area contributed by atoms with E-state index < -0.39 is 0 Å². The lowest BCUT2D eigenvalue weighted by molar-refractivity contribution is -0.125. The summed E-state index contributed by atoms with van der Waals surface area (Å²) < 4.78 is 1.49. The summed E-state index contributed by atoms with van der Waals surface area (Å²) in [5.74, 6) is 0.261. The number of piperidine rings is 2. The quantitative estimate of drug-likeness (QED) is 0.606. The van der Waals surface area contributed by atoms with Crippen molar-refractivity contribution in [2.75, 3.05) is 37.6 Å². The third-order valence-electron chi connectivity index (χ3n) is 7.95. The average Bonchev–Trinajstić information content (AvgIpc) is 3.31. The van der Waals surface area contributed by atoms with Gasteiger partial charge in [0.15, 0.2) is 0 Å². The SMILES string of the molecule is CC[C@H]1CCCCN1CCCNC(=O)C1CCN(c2nn3c(=O)c4c(nc3s2)CCCC4)CC1. The minimum Gasteiger partial charge on any atom is -0.356 e. The standard InChI is InChI=1S/C25H38N6O2S/c1-2-19-8-5-6-14-29(19)15-7-13-26-22(32)18-11-16-30(17-12-18)25-28-31-23(33)20-9-3-4-10-21(20)27-24(31)34-25/h18-19H,2-17H2,1H3,(H,26,32)/t19-/m0/s1. The molecule has 3 aliphatic rings. The number of aromatic nitrogens is 3. The molecule has 0 radical (unpaired) electrons. The van der Waals surface area contributed by atoms with Crippen molar-refractivity contribution in [1.29, 1.82) is 0 Å². The summed E-state index contributed by atoms with van der Waals surface area (Å²) in [6.07, 6.45) is 11.8. The van der Waals surface area contributed by atoms with Crippen LogP contribution in [0.1, 0.15) is 76.0 Å². The second kappa shape index (κ2) is 10.7. The van der Waals surface area contributed by atoms with Crippen LogP contribution in [0.3, 0.4) is 0 Å². The summed E-state index contributed by atoms with van der Waals surface area (Å²) in [5, 5.41) is 8.65. The number of nitrogens with one attached hydrogen (secondary N) is 1. The fourth-order valence-corrected chi connectivity index (χ4v) is 6.84. The van der Waals surface area contributed by atoms with Gasteiger partial charge in [0, 0.05) is 43.7 Å². The van der Waals surface area contributed by atoms with Gasteiger partial charge in [-0.2, -0.15) is 4.52 Å². The molecule has 2 fully saturated rings.